The lowest BCUT2D eigenvalue weighted by molar-refractivity contribution is 0.0958. The summed E-state index contributed by atoms with van der Waals surface area (Å²) < 4.78 is 0. The number of nitrogens with one attached hydrogen (secondary N) is 2. The van der Waals surface area contributed by atoms with E-state index in [4.69, 9.17) is 0 Å². The highest BCUT2D eigenvalue weighted by Gasteiger charge is 2.10. The molecule has 2 N–H and O–H groups in total. The molecule has 0 aromatic carbocycles. The van der Waals surface area contributed by atoms with Crippen LogP contribution in [0.5, 0.6) is 0 Å². The molecule has 1 amide bonds. The molecule has 0 spiro atoms. The topological polar surface area (TPSA) is 70.2 Å². The predicted molar refractivity (Wildman–Crippen MR) is 63.9 cm³/mol. The number of anilines is 2. The second-order valence-electron chi connectivity index (χ2n) is 3.44. The minimum absolute atomic E-state index is 0.218. The van der Waals surface area contributed by atoms with Gasteiger partial charge in [0.05, 0.1) is 0 Å². The number of amides is 1. The summed E-state index contributed by atoms with van der Waals surface area (Å²) in [6.45, 7) is 2.72. The van der Waals surface area contributed by atoms with Gasteiger partial charge in [0.15, 0.2) is 0 Å². The average Bonchev–Trinajstić information content (AvgIpc) is 2.28. The fraction of sp³-hybridized carbons (Fsp3) is 0.500. The lowest BCUT2D eigenvalue weighted by Gasteiger charge is -2.13. The second-order valence-corrected chi connectivity index (χ2v) is 3.44. The minimum atomic E-state index is -0.218. The number of carbonyl (C=O) groups is 1. The van der Waals surface area contributed by atoms with Gasteiger partial charge in [-0.05, 0) is 6.92 Å². The van der Waals surface area contributed by atoms with Gasteiger partial charge in [-0.15, -0.1) is 0 Å². The van der Waals surface area contributed by atoms with E-state index in [9.17, 15) is 4.79 Å². The summed E-state index contributed by atoms with van der Waals surface area (Å²) in [5.41, 5.74) is 0.358. The highest BCUT2D eigenvalue weighted by Crippen LogP contribution is 2.11. The van der Waals surface area contributed by atoms with E-state index in [-0.39, 0.29) is 5.91 Å². The molecular weight excluding hydrogens is 206 g/mol. The van der Waals surface area contributed by atoms with Gasteiger partial charge in [-0.3, -0.25) is 4.79 Å². The molecule has 0 unspecified atom stereocenters. The lowest BCUT2D eigenvalue weighted by Crippen LogP contribution is -2.22. The van der Waals surface area contributed by atoms with Gasteiger partial charge < -0.3 is 15.5 Å². The maximum Gasteiger partial charge on any atom is 0.269 e. The SMILES string of the molecule is CCNc1cc(C(=O)NC)nc(N(C)C)n1. The molecule has 0 atom stereocenters. The van der Waals surface area contributed by atoms with E-state index in [1.54, 1.807) is 18.0 Å². The molecule has 1 aromatic rings. The number of nitrogens with zero attached hydrogens (tertiary/aromatic N) is 3. The average molecular weight is 223 g/mol. The molecule has 0 fully saturated rings. The first-order chi connectivity index (χ1) is 7.58. The van der Waals surface area contributed by atoms with Crippen molar-refractivity contribution in [3.8, 4) is 0 Å². The molecule has 0 aliphatic carbocycles. The molecule has 1 rings (SSSR count). The molecule has 1 heterocycles. The summed E-state index contributed by atoms with van der Waals surface area (Å²) in [7, 11) is 5.24. The Morgan fingerprint density at radius 3 is 2.62 bits per heavy atom. The van der Waals surface area contributed by atoms with Crippen LogP contribution < -0.4 is 15.5 Å². The quantitative estimate of drug-likeness (QED) is 0.770. The number of rotatable bonds is 4. The van der Waals surface area contributed by atoms with E-state index in [1.807, 2.05) is 21.0 Å². The minimum Gasteiger partial charge on any atom is -0.370 e. The van der Waals surface area contributed by atoms with Crippen molar-refractivity contribution in [2.24, 2.45) is 0 Å². The standard InChI is InChI=1S/C10H17N5O/c1-5-12-8-6-7(9(16)11-2)13-10(14-8)15(3)4/h6H,5H2,1-4H3,(H,11,16)(H,12,13,14). The molecule has 0 bridgehead atoms. The molecule has 6 heteroatoms. The van der Waals surface area contributed by atoms with Crippen LogP contribution in [-0.2, 0) is 0 Å². The van der Waals surface area contributed by atoms with Gasteiger partial charge >= 0.3 is 0 Å². The van der Waals surface area contributed by atoms with Crippen LogP contribution in [0.2, 0.25) is 0 Å². The van der Waals surface area contributed by atoms with Crippen molar-refractivity contribution < 1.29 is 4.79 Å². The molecule has 0 aliphatic heterocycles. The van der Waals surface area contributed by atoms with Crippen LogP contribution in [-0.4, -0.2) is 43.6 Å². The van der Waals surface area contributed by atoms with E-state index in [2.05, 4.69) is 20.6 Å². The van der Waals surface area contributed by atoms with Crippen molar-refractivity contribution in [3.05, 3.63) is 11.8 Å². The highest BCUT2D eigenvalue weighted by molar-refractivity contribution is 5.93. The van der Waals surface area contributed by atoms with E-state index < -0.39 is 0 Å². The Hall–Kier alpha value is -1.85. The molecule has 0 radical (unpaired) electrons. The fourth-order valence-corrected chi connectivity index (χ4v) is 1.15. The zero-order valence-electron chi connectivity index (χ0n) is 10.0. The van der Waals surface area contributed by atoms with Crippen molar-refractivity contribution >= 4 is 17.7 Å². The molecule has 88 valence electrons. The first-order valence-electron chi connectivity index (χ1n) is 5.10. The number of hydrogen-bond donors (Lipinski definition) is 2. The Balaban J connectivity index is 3.13. The van der Waals surface area contributed by atoms with E-state index >= 15 is 0 Å². The summed E-state index contributed by atoms with van der Waals surface area (Å²) in [5, 5.41) is 5.61. The third-order valence-corrected chi connectivity index (χ3v) is 1.93. The maximum atomic E-state index is 11.5. The predicted octanol–water partition coefficient (Wildman–Crippen LogP) is 0.334. The fourth-order valence-electron chi connectivity index (χ4n) is 1.15. The van der Waals surface area contributed by atoms with Gasteiger partial charge in [-0.1, -0.05) is 0 Å². The van der Waals surface area contributed by atoms with Crippen LogP contribution in [0.15, 0.2) is 6.07 Å². The number of aromatic nitrogens is 2. The van der Waals surface area contributed by atoms with E-state index in [0.717, 1.165) is 6.54 Å². The zero-order chi connectivity index (χ0) is 12.1. The zero-order valence-corrected chi connectivity index (χ0v) is 10.0. The van der Waals surface area contributed by atoms with Gasteiger partial charge in [0, 0.05) is 33.8 Å². The highest BCUT2D eigenvalue weighted by atomic mass is 16.1. The first-order valence-corrected chi connectivity index (χ1v) is 5.10. The lowest BCUT2D eigenvalue weighted by atomic mass is 10.3. The molecule has 0 aliphatic rings. The summed E-state index contributed by atoms with van der Waals surface area (Å²) in [6.07, 6.45) is 0. The summed E-state index contributed by atoms with van der Waals surface area (Å²) in [6, 6.07) is 1.63. The molecule has 6 nitrogen and oxygen atoms in total. The monoisotopic (exact) mass is 223 g/mol. The van der Waals surface area contributed by atoms with Crippen LogP contribution in [0, 0.1) is 0 Å². The van der Waals surface area contributed by atoms with Crippen LogP contribution >= 0.6 is 0 Å². The molecule has 0 saturated carbocycles. The van der Waals surface area contributed by atoms with Crippen molar-refractivity contribution in [3.63, 3.8) is 0 Å². The Labute approximate surface area is 95.1 Å². The van der Waals surface area contributed by atoms with Crippen LogP contribution in [0.4, 0.5) is 11.8 Å². The van der Waals surface area contributed by atoms with Crippen LogP contribution in [0.1, 0.15) is 17.4 Å². The molecule has 0 saturated heterocycles. The Bertz CT molecular complexity index is 377. The van der Waals surface area contributed by atoms with E-state index in [0.29, 0.717) is 17.5 Å². The first kappa shape index (κ1) is 12.2. The van der Waals surface area contributed by atoms with Gasteiger partial charge in [0.1, 0.15) is 11.5 Å². The Kier molecular flexibility index (Phi) is 4.04. The molecule has 16 heavy (non-hydrogen) atoms. The van der Waals surface area contributed by atoms with Gasteiger partial charge in [-0.25, -0.2) is 4.98 Å². The third kappa shape index (κ3) is 2.82. The summed E-state index contributed by atoms with van der Waals surface area (Å²) in [5.74, 6) is 0.946. The summed E-state index contributed by atoms with van der Waals surface area (Å²) >= 11 is 0. The Morgan fingerprint density at radius 2 is 2.12 bits per heavy atom. The normalized spacial score (nSPS) is 9.75. The van der Waals surface area contributed by atoms with Crippen molar-refractivity contribution in [2.75, 3.05) is 37.9 Å². The number of carbonyl (C=O) groups excluding carboxylic acids is 1. The van der Waals surface area contributed by atoms with Crippen molar-refractivity contribution in [1.82, 2.24) is 15.3 Å². The van der Waals surface area contributed by atoms with Gasteiger partial charge in [0.2, 0.25) is 5.95 Å². The van der Waals surface area contributed by atoms with Crippen molar-refractivity contribution in [2.45, 2.75) is 6.92 Å². The second kappa shape index (κ2) is 5.29. The number of hydrogen-bond acceptors (Lipinski definition) is 5. The largest absolute Gasteiger partial charge is 0.370 e. The van der Waals surface area contributed by atoms with Crippen LogP contribution in [0.3, 0.4) is 0 Å². The Morgan fingerprint density at radius 1 is 1.44 bits per heavy atom. The van der Waals surface area contributed by atoms with Crippen molar-refractivity contribution in [1.29, 1.82) is 0 Å². The summed E-state index contributed by atoms with van der Waals surface area (Å²) in [4.78, 5) is 21.7. The van der Waals surface area contributed by atoms with Gasteiger partial charge in [-0.2, -0.15) is 4.98 Å². The van der Waals surface area contributed by atoms with Crippen LogP contribution in [0.25, 0.3) is 0 Å². The molecular formula is C10H17N5O. The smallest absolute Gasteiger partial charge is 0.269 e. The van der Waals surface area contributed by atoms with Gasteiger partial charge in [0.25, 0.3) is 5.91 Å². The third-order valence-electron chi connectivity index (χ3n) is 1.93. The molecule has 1 aromatic heterocycles. The maximum absolute atomic E-state index is 11.5. The van der Waals surface area contributed by atoms with E-state index in [1.165, 1.54) is 0 Å².